The normalized spacial score (nSPS) is 12.7. The highest BCUT2D eigenvalue weighted by atomic mass is 16.3. The molecule has 24 aromatic carbocycles. The molecule has 3 aromatic heterocycles. The van der Waals surface area contributed by atoms with E-state index in [-0.39, 0.29) is 13.7 Å². The van der Waals surface area contributed by atoms with Crippen LogP contribution in [0.3, 0.4) is 0 Å². The topological polar surface area (TPSA) is 29.5 Å². The van der Waals surface area contributed by atoms with Crippen molar-refractivity contribution in [1.29, 1.82) is 0 Å². The molecule has 27 aromatic rings. The predicted molar refractivity (Wildman–Crippen MR) is 613 cm³/mol. The van der Waals surface area contributed by atoms with E-state index in [0.29, 0.717) is 12.8 Å². The van der Waals surface area contributed by atoms with Gasteiger partial charge in [-0.25, -0.2) is 0 Å². The number of rotatable bonds is 15. The van der Waals surface area contributed by atoms with E-state index in [9.17, 15) is 0 Å². The zero-order chi connectivity index (χ0) is 94.7. The van der Waals surface area contributed by atoms with Crippen molar-refractivity contribution in [3.63, 3.8) is 0 Å². The van der Waals surface area contributed by atoms with Crippen LogP contribution in [-0.4, -0.2) is 22.7 Å². The molecule has 0 unspecified atom stereocenters. The third-order valence-electron chi connectivity index (χ3n) is 32.4. The summed E-state index contributed by atoms with van der Waals surface area (Å²) >= 11 is 0. The zero-order valence-electron chi connectivity index (χ0n) is 79.4. The van der Waals surface area contributed by atoms with Crippen LogP contribution >= 0.6 is 0 Å². The summed E-state index contributed by atoms with van der Waals surface area (Å²) in [5.41, 5.74) is 44.9. The molecule has 0 saturated carbocycles. The van der Waals surface area contributed by atoms with E-state index in [1.165, 1.54) is 181 Å². The summed E-state index contributed by atoms with van der Waals surface area (Å²) in [6, 6.07) is 184. The second-order valence-electron chi connectivity index (χ2n) is 40.2. The van der Waals surface area contributed by atoms with Crippen LogP contribution in [0.25, 0.3) is 197 Å². The van der Waals surface area contributed by atoms with Crippen molar-refractivity contribution in [2.75, 3.05) is 9.80 Å². The van der Waals surface area contributed by atoms with Crippen LogP contribution < -0.4 is 31.7 Å². The van der Waals surface area contributed by atoms with E-state index in [1.807, 2.05) is 0 Å². The van der Waals surface area contributed by atoms with E-state index < -0.39 is 0 Å². The Kier molecular flexibility index (Phi) is 18.1. The van der Waals surface area contributed by atoms with Crippen molar-refractivity contribution < 1.29 is 4.42 Å². The Bertz CT molecular complexity index is 10000. The fourth-order valence-electron chi connectivity index (χ4n) is 26.1. The molecule has 0 amide bonds. The first-order valence-corrected chi connectivity index (χ1v) is 50.9. The molecule has 0 spiro atoms. The molecule has 5 nitrogen and oxygen atoms in total. The maximum atomic E-state index is 8.06. The first-order chi connectivity index (χ1) is 71.9. The first-order valence-electron chi connectivity index (χ1n) is 50.9. The van der Waals surface area contributed by atoms with Gasteiger partial charge in [0.2, 0.25) is 0 Å². The van der Waals surface area contributed by atoms with Crippen molar-refractivity contribution in [1.82, 2.24) is 8.96 Å². The number of hydrogen-bond donors (Lipinski definition) is 0. The summed E-state index contributed by atoms with van der Waals surface area (Å²) in [6.45, 7) is -0.546. The number of furan rings is 1. The minimum absolute atomic E-state index is 0.229. The largest absolute Gasteiger partial charge is 0.455 e. The van der Waals surface area contributed by atoms with Gasteiger partial charge in [-0.3, -0.25) is 0 Å². The summed E-state index contributed by atoms with van der Waals surface area (Å²) in [4.78, 5) is 5.35. The third-order valence-corrected chi connectivity index (χ3v) is 32.4. The maximum absolute atomic E-state index is 8.06. The summed E-state index contributed by atoms with van der Waals surface area (Å²) in [6.07, 6.45) is 2.89. The number of aromatic nitrogens is 2. The highest BCUT2D eigenvalue weighted by Gasteiger charge is 2.48. The number of fused-ring (bicyclic) bond motifs is 24. The van der Waals surface area contributed by atoms with E-state index in [2.05, 4.69) is 504 Å². The Hall–Kier alpha value is -18.3. The monoisotopic (exact) mass is 1840 g/mol. The highest BCUT2D eigenvalue weighted by Crippen LogP contribution is 2.56. The fourth-order valence-corrected chi connectivity index (χ4v) is 26.1. The molecule has 7 heteroatoms. The number of para-hydroxylation sites is 4. The lowest BCUT2D eigenvalue weighted by Crippen LogP contribution is -2.56. The average Bonchev–Trinajstić information content (AvgIpc) is 1.53. The van der Waals surface area contributed by atoms with Crippen molar-refractivity contribution in [2.24, 2.45) is 0 Å². The predicted octanol–water partition coefficient (Wildman–Crippen LogP) is 33.1. The minimum Gasteiger partial charge on any atom is -0.455 e. The van der Waals surface area contributed by atoms with Gasteiger partial charge < -0.3 is 23.2 Å². The van der Waals surface area contributed by atoms with Crippen molar-refractivity contribution in [2.45, 2.75) is 25.7 Å². The smallest absolute Gasteiger partial charge is 0.333 e. The Labute approximate surface area is 839 Å². The van der Waals surface area contributed by atoms with Gasteiger partial charge in [-0.2, -0.15) is 0 Å². The lowest BCUT2D eigenvalue weighted by Gasteiger charge is -2.41. The maximum Gasteiger partial charge on any atom is 0.333 e. The van der Waals surface area contributed by atoms with Crippen molar-refractivity contribution >= 4 is 189 Å². The second kappa shape index (κ2) is 32.1. The minimum atomic E-state index is -0.317. The van der Waals surface area contributed by atoms with Gasteiger partial charge in [0.15, 0.2) is 0 Å². The summed E-state index contributed by atoms with van der Waals surface area (Å²) in [5, 5.41) is 19.6. The molecule has 4 aliphatic heterocycles. The molecule has 0 N–H and O–H groups in total. The molecular weight excluding hydrogens is 1750 g/mol. The molecule has 672 valence electrons. The molecule has 0 aliphatic carbocycles. The zero-order valence-corrected chi connectivity index (χ0v) is 79.4. The molecule has 0 fully saturated rings. The SMILES string of the molecule is c1ccc(Cc2c3ccc(-c4ccc5c(c4)oc4c6c7c(cc45)N(c4cc(-c5ccccc5)cc(-c5ccccc5)c4)c4cc5c(Cc8ccccc8)c8ccccc8c(Cc8ccccc8)c5cc4B7n4c5ccccc5c5cccc-6c54)cc3c(Cc3ccccc3)c3cc4c(cc23)B2c3c(cc5ccccc5c3-c3cccc5c6ccccc6n2c35)N4c2cc(-c3ccccc3)cc(-c3ccccc3)c2)cc1. The van der Waals surface area contributed by atoms with Gasteiger partial charge in [0.25, 0.3) is 0 Å². The van der Waals surface area contributed by atoms with Crippen LogP contribution in [0.15, 0.2) is 490 Å². The Morgan fingerprint density at radius 1 is 0.200 bits per heavy atom. The molecule has 0 bridgehead atoms. The third kappa shape index (κ3) is 12.5. The van der Waals surface area contributed by atoms with Crippen LogP contribution in [0.4, 0.5) is 34.1 Å². The number of nitrogens with zero attached hydrogens (tertiary/aromatic N) is 4. The molecule has 7 heterocycles. The van der Waals surface area contributed by atoms with Crippen LogP contribution in [0, 0.1) is 0 Å². The van der Waals surface area contributed by atoms with Crippen LogP contribution in [0.2, 0.25) is 0 Å². The Morgan fingerprint density at radius 2 is 0.531 bits per heavy atom. The van der Waals surface area contributed by atoms with Crippen molar-refractivity contribution in [3.8, 4) is 77.9 Å². The molecule has 31 rings (SSSR count). The summed E-state index contributed by atoms with van der Waals surface area (Å²) in [7, 11) is 0. The number of anilines is 6. The van der Waals surface area contributed by atoms with Crippen LogP contribution in [0.5, 0.6) is 0 Å². The van der Waals surface area contributed by atoms with Gasteiger partial charge in [-0.1, -0.05) is 394 Å². The molecule has 145 heavy (non-hydrogen) atoms. The van der Waals surface area contributed by atoms with E-state index >= 15 is 0 Å². The van der Waals surface area contributed by atoms with E-state index in [4.69, 9.17) is 4.42 Å². The lowest BCUT2D eigenvalue weighted by molar-refractivity contribution is 0.670. The van der Waals surface area contributed by atoms with Gasteiger partial charge >= 0.3 is 13.7 Å². The quantitative estimate of drug-likeness (QED) is 0.0757. The Balaban J connectivity index is 0.672. The first kappa shape index (κ1) is 81.5. The van der Waals surface area contributed by atoms with Gasteiger partial charge in [-0.15, -0.1) is 0 Å². The lowest BCUT2D eigenvalue weighted by atomic mass is 9.44. The molecular formula is C138H88B2N4O. The Morgan fingerprint density at radius 3 is 0.979 bits per heavy atom. The summed E-state index contributed by atoms with van der Waals surface area (Å²) in [5.74, 6) is 0. The average molecular weight is 1840 g/mol. The molecule has 0 radical (unpaired) electrons. The van der Waals surface area contributed by atoms with E-state index in [0.717, 1.165) is 130 Å². The van der Waals surface area contributed by atoms with Gasteiger partial charge in [-0.05, 0) is 298 Å². The highest BCUT2D eigenvalue weighted by molar-refractivity contribution is 6.91. The molecule has 0 atom stereocenters. The van der Waals surface area contributed by atoms with Crippen LogP contribution in [0.1, 0.15) is 44.5 Å². The fraction of sp³-hybridized carbons (Fsp3) is 0.0290. The van der Waals surface area contributed by atoms with Gasteiger partial charge in [0.05, 0.1) is 0 Å². The standard InChI is InChI=1S/C138H88B2N4O/c1-9-35-85(36-10-1)67-113-103-53-27-28-54-104(103)114(68-86-37-11-2-12-38-86)120-82-128-124(80-118(113)120)140-135-130(142(128)101-75-98(91-47-21-7-22-48-91)72-99(76-101)92-49-23-8-24-50-92)84-122-108-66-64-94(79-131(108)145-138(122)133(135)112-60-34-58-110-107-56-30-32-62-126(107)144(140)137(110)112)93-63-65-105-115(69-87-39-13-3-14-40-87)119-81-123-127(83-121(119)116(117(105)77-93)70-88-41-15-4-16-42-88)141(100-73-96(89-43-17-5-18-44-89)71-97(74-100)90-45-19-6-20-46-90)129-78-95-51-25-26-52-102(95)132-111-59-33-57-109-106-55-29-31-61-125(106)143(136(109)111)139(123)134(129)132/h1-66,71-84H,67-70H2. The number of benzene rings is 24. The molecule has 0 saturated heterocycles. The van der Waals surface area contributed by atoms with E-state index in [1.54, 1.807) is 0 Å². The van der Waals surface area contributed by atoms with Crippen LogP contribution in [-0.2, 0) is 25.7 Å². The van der Waals surface area contributed by atoms with Gasteiger partial charge in [0.1, 0.15) is 11.2 Å². The van der Waals surface area contributed by atoms with Gasteiger partial charge in [0, 0.05) is 105 Å². The number of hydrogen-bond acceptors (Lipinski definition) is 3. The molecule has 4 aliphatic rings. The van der Waals surface area contributed by atoms with Crippen molar-refractivity contribution in [3.05, 3.63) is 530 Å². The summed E-state index contributed by atoms with van der Waals surface area (Å²) < 4.78 is 13.5. The second-order valence-corrected chi connectivity index (χ2v) is 40.2.